The van der Waals surface area contributed by atoms with Crippen LogP contribution in [0, 0.1) is 0 Å². The fourth-order valence-electron chi connectivity index (χ4n) is 2.51. The number of carbonyl (C=O) groups excluding carboxylic acids is 1. The van der Waals surface area contributed by atoms with E-state index < -0.39 is 0 Å². The first-order valence-corrected chi connectivity index (χ1v) is 6.60. The van der Waals surface area contributed by atoms with Gasteiger partial charge in [-0.05, 0) is 18.4 Å². The molecule has 0 radical (unpaired) electrons. The lowest BCUT2D eigenvalue weighted by Crippen LogP contribution is -2.28. The first-order valence-electron chi connectivity index (χ1n) is 6.60. The minimum Gasteiger partial charge on any atom is -0.298 e. The molecule has 0 N–H and O–H groups in total. The highest BCUT2D eigenvalue weighted by molar-refractivity contribution is 5.73. The molecule has 0 fully saturated rings. The summed E-state index contributed by atoms with van der Waals surface area (Å²) >= 11 is 0. The number of hydrogen-bond donors (Lipinski definition) is 0. The maximum Gasteiger partial charge on any atom is 0.153 e. The molecular weight excluding hydrogens is 236 g/mol. The lowest BCUT2D eigenvalue weighted by atomic mass is 9.75. The number of benzene rings is 1. The molecule has 98 valence electrons. The summed E-state index contributed by atoms with van der Waals surface area (Å²) in [5, 5.41) is 0. The third-order valence-electron chi connectivity index (χ3n) is 3.77. The van der Waals surface area contributed by atoms with Gasteiger partial charge in [0.2, 0.25) is 0 Å². The summed E-state index contributed by atoms with van der Waals surface area (Å²) in [6.07, 6.45) is 5.81. The van der Waals surface area contributed by atoms with Gasteiger partial charge in [-0.1, -0.05) is 44.2 Å². The Morgan fingerprint density at radius 2 is 1.63 bits per heavy atom. The second-order valence-corrected chi connectivity index (χ2v) is 4.61. The van der Waals surface area contributed by atoms with Crippen molar-refractivity contribution in [2.24, 2.45) is 0 Å². The number of carbonyl (C=O) groups is 1. The maximum atomic E-state index is 10.7. The summed E-state index contributed by atoms with van der Waals surface area (Å²) in [4.78, 5) is 19.5. The average molecular weight is 254 g/mol. The predicted octanol–water partition coefficient (Wildman–Crippen LogP) is 3.40. The van der Waals surface area contributed by atoms with Crippen molar-refractivity contribution in [3.8, 4) is 0 Å². The van der Waals surface area contributed by atoms with E-state index in [1.54, 1.807) is 12.4 Å². The highest BCUT2D eigenvalue weighted by atomic mass is 16.1. The molecule has 0 saturated carbocycles. The Labute approximate surface area is 113 Å². The van der Waals surface area contributed by atoms with E-state index in [1.165, 1.54) is 5.56 Å². The van der Waals surface area contributed by atoms with E-state index in [0.29, 0.717) is 5.56 Å². The van der Waals surface area contributed by atoms with Crippen LogP contribution >= 0.6 is 0 Å². The lowest BCUT2D eigenvalue weighted by Gasteiger charge is -2.30. The van der Waals surface area contributed by atoms with E-state index in [9.17, 15) is 4.79 Å². The Bertz CT molecular complexity index is 530. The molecule has 0 amide bonds. The molecule has 2 rings (SSSR count). The Morgan fingerprint density at radius 3 is 2.11 bits per heavy atom. The SMILES string of the molecule is CCC(CC)(c1ccccc1)c1ncc(C=O)cn1. The Hall–Kier alpha value is -2.03. The second-order valence-electron chi connectivity index (χ2n) is 4.61. The van der Waals surface area contributed by atoms with Crippen molar-refractivity contribution in [2.45, 2.75) is 32.1 Å². The fourth-order valence-corrected chi connectivity index (χ4v) is 2.51. The van der Waals surface area contributed by atoms with Gasteiger partial charge in [0.05, 0.1) is 11.0 Å². The van der Waals surface area contributed by atoms with Crippen molar-refractivity contribution in [3.05, 3.63) is 59.7 Å². The normalized spacial score (nSPS) is 11.3. The zero-order valence-corrected chi connectivity index (χ0v) is 11.3. The molecule has 0 aliphatic heterocycles. The fraction of sp³-hybridized carbons (Fsp3) is 0.312. The van der Waals surface area contributed by atoms with Crippen molar-refractivity contribution in [1.29, 1.82) is 0 Å². The Balaban J connectivity index is 2.52. The third-order valence-corrected chi connectivity index (χ3v) is 3.77. The summed E-state index contributed by atoms with van der Waals surface area (Å²) < 4.78 is 0. The van der Waals surface area contributed by atoms with E-state index in [2.05, 4.69) is 35.9 Å². The van der Waals surface area contributed by atoms with E-state index in [-0.39, 0.29) is 5.41 Å². The van der Waals surface area contributed by atoms with Crippen LogP contribution < -0.4 is 0 Å². The van der Waals surface area contributed by atoms with Crippen LogP contribution in [0.15, 0.2) is 42.7 Å². The monoisotopic (exact) mass is 254 g/mol. The van der Waals surface area contributed by atoms with Crippen LogP contribution in [-0.4, -0.2) is 16.3 Å². The van der Waals surface area contributed by atoms with E-state index >= 15 is 0 Å². The molecule has 0 unspecified atom stereocenters. The molecule has 1 aromatic carbocycles. The molecule has 0 saturated heterocycles. The van der Waals surface area contributed by atoms with Gasteiger partial charge in [0.15, 0.2) is 6.29 Å². The summed E-state index contributed by atoms with van der Waals surface area (Å²) in [6.45, 7) is 4.29. The summed E-state index contributed by atoms with van der Waals surface area (Å²) in [7, 11) is 0. The smallest absolute Gasteiger partial charge is 0.153 e. The quantitative estimate of drug-likeness (QED) is 0.768. The van der Waals surface area contributed by atoms with Gasteiger partial charge in [-0.15, -0.1) is 0 Å². The van der Waals surface area contributed by atoms with Gasteiger partial charge in [0.25, 0.3) is 0 Å². The largest absolute Gasteiger partial charge is 0.298 e. The van der Waals surface area contributed by atoms with Gasteiger partial charge in [0, 0.05) is 12.4 Å². The first-order chi connectivity index (χ1) is 9.26. The zero-order valence-electron chi connectivity index (χ0n) is 11.3. The van der Waals surface area contributed by atoms with Crippen LogP contribution in [0.5, 0.6) is 0 Å². The molecular formula is C16H18N2O. The number of aldehydes is 1. The van der Waals surface area contributed by atoms with Gasteiger partial charge in [-0.3, -0.25) is 4.79 Å². The van der Waals surface area contributed by atoms with Crippen LogP contribution in [0.25, 0.3) is 0 Å². The van der Waals surface area contributed by atoms with E-state index in [4.69, 9.17) is 0 Å². The van der Waals surface area contributed by atoms with Gasteiger partial charge >= 0.3 is 0 Å². The van der Waals surface area contributed by atoms with Crippen molar-refractivity contribution in [2.75, 3.05) is 0 Å². The van der Waals surface area contributed by atoms with Crippen LogP contribution in [0.4, 0.5) is 0 Å². The van der Waals surface area contributed by atoms with Gasteiger partial charge in [-0.25, -0.2) is 9.97 Å². The molecule has 0 bridgehead atoms. The van der Waals surface area contributed by atoms with Gasteiger partial charge in [0.1, 0.15) is 5.82 Å². The van der Waals surface area contributed by atoms with E-state index in [1.807, 2.05) is 18.2 Å². The standard InChI is InChI=1S/C16H18N2O/c1-3-16(4-2,14-8-6-5-7-9-14)15-17-10-13(12-19)11-18-15/h5-12H,3-4H2,1-2H3. The number of aromatic nitrogens is 2. The topological polar surface area (TPSA) is 42.9 Å². The minimum atomic E-state index is -0.178. The Kier molecular flexibility index (Phi) is 4.05. The van der Waals surface area contributed by atoms with Crippen LogP contribution in [0.2, 0.25) is 0 Å². The highest BCUT2D eigenvalue weighted by Crippen LogP contribution is 2.36. The first kappa shape index (κ1) is 13.4. The number of rotatable bonds is 5. The number of nitrogens with zero attached hydrogens (tertiary/aromatic N) is 2. The van der Waals surface area contributed by atoms with Crippen LogP contribution in [-0.2, 0) is 5.41 Å². The minimum absolute atomic E-state index is 0.178. The zero-order chi connectivity index (χ0) is 13.7. The highest BCUT2D eigenvalue weighted by Gasteiger charge is 2.33. The van der Waals surface area contributed by atoms with Crippen LogP contribution in [0.1, 0.15) is 48.4 Å². The third kappa shape index (κ3) is 2.41. The molecule has 0 aliphatic carbocycles. The molecule has 1 aromatic heterocycles. The average Bonchev–Trinajstić information content (AvgIpc) is 2.51. The van der Waals surface area contributed by atoms with Crippen LogP contribution in [0.3, 0.4) is 0 Å². The summed E-state index contributed by atoms with van der Waals surface area (Å²) in [5.74, 6) is 0.786. The van der Waals surface area contributed by atoms with Gasteiger partial charge < -0.3 is 0 Å². The summed E-state index contributed by atoms with van der Waals surface area (Å²) in [6, 6.07) is 10.3. The molecule has 19 heavy (non-hydrogen) atoms. The predicted molar refractivity (Wildman–Crippen MR) is 75.2 cm³/mol. The molecule has 3 heteroatoms. The van der Waals surface area contributed by atoms with Crippen molar-refractivity contribution in [1.82, 2.24) is 9.97 Å². The lowest BCUT2D eigenvalue weighted by molar-refractivity contribution is 0.112. The molecule has 1 heterocycles. The molecule has 0 aliphatic rings. The van der Waals surface area contributed by atoms with Crippen molar-refractivity contribution in [3.63, 3.8) is 0 Å². The molecule has 2 aromatic rings. The van der Waals surface area contributed by atoms with Crippen molar-refractivity contribution < 1.29 is 4.79 Å². The molecule has 0 spiro atoms. The molecule has 0 atom stereocenters. The second kappa shape index (κ2) is 5.74. The van der Waals surface area contributed by atoms with Crippen molar-refractivity contribution >= 4 is 6.29 Å². The number of hydrogen-bond acceptors (Lipinski definition) is 3. The summed E-state index contributed by atoms with van der Waals surface area (Å²) in [5.41, 5.74) is 1.56. The van der Waals surface area contributed by atoms with E-state index in [0.717, 1.165) is 25.0 Å². The van der Waals surface area contributed by atoms with Gasteiger partial charge in [-0.2, -0.15) is 0 Å². The maximum absolute atomic E-state index is 10.7. The molecule has 3 nitrogen and oxygen atoms in total. The Morgan fingerprint density at radius 1 is 1.05 bits per heavy atom.